The van der Waals surface area contributed by atoms with Crippen LogP contribution in [0.5, 0.6) is 5.75 Å². The number of imidazole rings is 1. The van der Waals surface area contributed by atoms with Gasteiger partial charge in [0.05, 0.1) is 17.9 Å². The zero-order valence-corrected chi connectivity index (χ0v) is 12.3. The molecule has 2 atom stereocenters. The number of halogens is 1. The van der Waals surface area contributed by atoms with Crippen LogP contribution in [0.15, 0.2) is 29.0 Å². The second-order valence-electron chi connectivity index (χ2n) is 4.60. The Kier molecular flexibility index (Phi) is 3.23. The van der Waals surface area contributed by atoms with Gasteiger partial charge in [0.2, 0.25) is 0 Å². The summed E-state index contributed by atoms with van der Waals surface area (Å²) in [7, 11) is 0. The molecular formula is C13H13BrN4O2. The van der Waals surface area contributed by atoms with Gasteiger partial charge in [-0.05, 0) is 40.5 Å². The minimum Gasteiger partial charge on any atom is -0.479 e. The second-order valence-corrected chi connectivity index (χ2v) is 5.45. The molecule has 7 heteroatoms. The Bertz CT molecular complexity index is 670. The standard InChI is InChI=1S/C13H13BrN4O2/c1-6-13(19)17-8-4-7(2-3-9(8)20-6)11(15)12-16-5-10(14)18-12/h2-6,11H,15H2,1H3,(H,16,18)(H,17,19). The molecule has 2 aromatic rings. The van der Waals surface area contributed by atoms with Crippen LogP contribution in [-0.2, 0) is 4.79 Å². The lowest BCUT2D eigenvalue weighted by Gasteiger charge is -2.24. The number of benzene rings is 1. The number of hydrogen-bond acceptors (Lipinski definition) is 4. The summed E-state index contributed by atoms with van der Waals surface area (Å²) in [5.41, 5.74) is 7.62. The van der Waals surface area contributed by atoms with Gasteiger partial charge in [-0.25, -0.2) is 4.98 Å². The van der Waals surface area contributed by atoms with Crippen molar-refractivity contribution in [1.29, 1.82) is 0 Å². The van der Waals surface area contributed by atoms with Crippen molar-refractivity contribution in [2.45, 2.75) is 19.1 Å². The lowest BCUT2D eigenvalue weighted by molar-refractivity contribution is -0.122. The highest BCUT2D eigenvalue weighted by Crippen LogP contribution is 2.32. The first kappa shape index (κ1) is 13.1. The second kappa shape index (κ2) is 4.92. The highest BCUT2D eigenvalue weighted by molar-refractivity contribution is 9.10. The van der Waals surface area contributed by atoms with Crippen molar-refractivity contribution >= 4 is 27.5 Å². The molecule has 0 radical (unpaired) electrons. The van der Waals surface area contributed by atoms with E-state index in [1.165, 1.54) is 0 Å². The summed E-state index contributed by atoms with van der Waals surface area (Å²) in [5.74, 6) is 1.13. The number of nitrogens with one attached hydrogen (secondary N) is 2. The molecule has 0 aliphatic carbocycles. The molecule has 104 valence electrons. The summed E-state index contributed by atoms with van der Waals surface area (Å²) in [6.07, 6.45) is 1.17. The van der Waals surface area contributed by atoms with Crippen LogP contribution in [0.1, 0.15) is 24.4 Å². The lowest BCUT2D eigenvalue weighted by Crippen LogP contribution is -2.34. The Morgan fingerprint density at radius 3 is 3.00 bits per heavy atom. The fraction of sp³-hybridized carbons (Fsp3) is 0.231. The summed E-state index contributed by atoms with van der Waals surface area (Å²) in [6.45, 7) is 1.71. The number of aromatic amines is 1. The van der Waals surface area contributed by atoms with Gasteiger partial charge in [-0.3, -0.25) is 4.79 Å². The van der Waals surface area contributed by atoms with E-state index in [9.17, 15) is 4.79 Å². The van der Waals surface area contributed by atoms with E-state index < -0.39 is 12.1 Å². The Labute approximate surface area is 123 Å². The molecule has 4 N–H and O–H groups in total. The molecule has 0 saturated heterocycles. The number of amides is 1. The number of anilines is 1. The number of nitrogens with two attached hydrogens (primary N) is 1. The van der Waals surface area contributed by atoms with Gasteiger partial charge in [0, 0.05) is 0 Å². The maximum Gasteiger partial charge on any atom is 0.265 e. The van der Waals surface area contributed by atoms with E-state index in [4.69, 9.17) is 10.5 Å². The van der Waals surface area contributed by atoms with E-state index in [1.807, 2.05) is 6.07 Å². The van der Waals surface area contributed by atoms with Gasteiger partial charge in [0.1, 0.15) is 16.2 Å². The normalized spacial score (nSPS) is 18.9. The first-order valence-corrected chi connectivity index (χ1v) is 6.91. The molecule has 1 amide bonds. The number of rotatable bonds is 2. The fourth-order valence-corrected chi connectivity index (χ4v) is 2.35. The average molecular weight is 337 g/mol. The quantitative estimate of drug-likeness (QED) is 0.781. The monoisotopic (exact) mass is 336 g/mol. The highest BCUT2D eigenvalue weighted by Gasteiger charge is 2.24. The minimum atomic E-state index is -0.483. The molecule has 1 aromatic carbocycles. The van der Waals surface area contributed by atoms with Gasteiger partial charge in [-0.1, -0.05) is 6.07 Å². The molecular weight excluding hydrogens is 324 g/mol. The van der Waals surface area contributed by atoms with Crippen LogP contribution < -0.4 is 15.8 Å². The van der Waals surface area contributed by atoms with Crippen LogP contribution in [0.2, 0.25) is 0 Å². The van der Waals surface area contributed by atoms with E-state index in [-0.39, 0.29) is 5.91 Å². The summed E-state index contributed by atoms with van der Waals surface area (Å²) in [5, 5.41) is 2.80. The van der Waals surface area contributed by atoms with E-state index >= 15 is 0 Å². The van der Waals surface area contributed by atoms with Crippen LogP contribution in [0, 0.1) is 0 Å². The Hall–Kier alpha value is -1.86. The summed E-state index contributed by atoms with van der Waals surface area (Å²) >= 11 is 3.30. The molecule has 0 spiro atoms. The van der Waals surface area contributed by atoms with Crippen molar-refractivity contribution in [2.24, 2.45) is 5.73 Å². The number of H-pyrrole nitrogens is 1. The molecule has 3 rings (SSSR count). The molecule has 0 fully saturated rings. The number of carbonyl (C=O) groups is 1. The zero-order chi connectivity index (χ0) is 14.3. The summed E-state index contributed by atoms with van der Waals surface area (Å²) < 4.78 is 6.27. The van der Waals surface area contributed by atoms with Crippen molar-refractivity contribution in [2.75, 3.05) is 5.32 Å². The van der Waals surface area contributed by atoms with E-state index in [2.05, 4.69) is 31.2 Å². The third kappa shape index (κ3) is 2.30. The first-order chi connectivity index (χ1) is 9.54. The largest absolute Gasteiger partial charge is 0.479 e. The predicted octanol–water partition coefficient (Wildman–Crippen LogP) is 1.94. The number of carbonyl (C=O) groups excluding carboxylic acids is 1. The summed E-state index contributed by atoms with van der Waals surface area (Å²) in [6, 6.07) is 5.07. The fourth-order valence-electron chi connectivity index (χ4n) is 2.05. The van der Waals surface area contributed by atoms with E-state index in [0.29, 0.717) is 17.3 Å². The Balaban J connectivity index is 1.92. The van der Waals surface area contributed by atoms with Crippen LogP contribution in [0.3, 0.4) is 0 Å². The first-order valence-electron chi connectivity index (χ1n) is 6.12. The van der Waals surface area contributed by atoms with Gasteiger partial charge in [0.15, 0.2) is 6.10 Å². The van der Waals surface area contributed by atoms with Crippen LogP contribution in [0.4, 0.5) is 5.69 Å². The Morgan fingerprint density at radius 2 is 2.30 bits per heavy atom. The smallest absolute Gasteiger partial charge is 0.265 e. The molecule has 2 heterocycles. The van der Waals surface area contributed by atoms with Crippen molar-refractivity contribution in [1.82, 2.24) is 9.97 Å². The van der Waals surface area contributed by atoms with Crippen LogP contribution in [-0.4, -0.2) is 22.0 Å². The van der Waals surface area contributed by atoms with Crippen molar-refractivity contribution < 1.29 is 9.53 Å². The van der Waals surface area contributed by atoms with Crippen LogP contribution in [0.25, 0.3) is 0 Å². The number of hydrogen-bond donors (Lipinski definition) is 3. The maximum atomic E-state index is 11.6. The van der Waals surface area contributed by atoms with Crippen molar-refractivity contribution in [3.63, 3.8) is 0 Å². The van der Waals surface area contributed by atoms with Gasteiger partial charge in [-0.2, -0.15) is 0 Å². The molecule has 0 saturated carbocycles. The topological polar surface area (TPSA) is 93.0 Å². The molecule has 20 heavy (non-hydrogen) atoms. The lowest BCUT2D eigenvalue weighted by atomic mass is 10.1. The SMILES string of the molecule is CC1Oc2ccc(C(N)c3ncc(Br)[nH]3)cc2NC1=O. The molecule has 2 unspecified atom stereocenters. The maximum absolute atomic E-state index is 11.6. The third-order valence-corrected chi connectivity index (χ3v) is 3.56. The van der Waals surface area contributed by atoms with Gasteiger partial charge < -0.3 is 20.8 Å². The predicted molar refractivity (Wildman–Crippen MR) is 77.5 cm³/mol. The molecule has 6 nitrogen and oxygen atoms in total. The Morgan fingerprint density at radius 1 is 1.50 bits per heavy atom. The third-order valence-electron chi connectivity index (χ3n) is 3.15. The molecule has 1 aromatic heterocycles. The van der Waals surface area contributed by atoms with Crippen molar-refractivity contribution in [3.05, 3.63) is 40.4 Å². The average Bonchev–Trinajstić information content (AvgIpc) is 2.85. The van der Waals surface area contributed by atoms with E-state index in [0.717, 1.165) is 10.2 Å². The van der Waals surface area contributed by atoms with E-state index in [1.54, 1.807) is 25.3 Å². The van der Waals surface area contributed by atoms with Crippen molar-refractivity contribution in [3.8, 4) is 5.75 Å². The van der Waals surface area contributed by atoms with Crippen LogP contribution >= 0.6 is 15.9 Å². The zero-order valence-electron chi connectivity index (χ0n) is 10.7. The minimum absolute atomic E-state index is 0.163. The highest BCUT2D eigenvalue weighted by atomic mass is 79.9. The number of ether oxygens (including phenoxy) is 1. The summed E-state index contributed by atoms with van der Waals surface area (Å²) in [4.78, 5) is 18.8. The molecule has 1 aliphatic rings. The number of nitrogens with zero attached hydrogens (tertiary/aromatic N) is 1. The molecule has 1 aliphatic heterocycles. The van der Waals surface area contributed by atoms with Gasteiger partial charge in [0.25, 0.3) is 5.91 Å². The molecule has 0 bridgehead atoms. The van der Waals surface area contributed by atoms with Gasteiger partial charge >= 0.3 is 0 Å². The number of fused-ring (bicyclic) bond motifs is 1. The van der Waals surface area contributed by atoms with Gasteiger partial charge in [-0.15, -0.1) is 0 Å². The number of aromatic nitrogens is 2.